The molecule has 0 spiro atoms. The summed E-state index contributed by atoms with van der Waals surface area (Å²) < 4.78 is 4.95. The van der Waals surface area contributed by atoms with Crippen LogP contribution in [-0.2, 0) is 9.59 Å². The number of hydrogen-bond donors (Lipinski definition) is 2. The van der Waals surface area contributed by atoms with Crippen LogP contribution in [0.2, 0.25) is 0 Å². The van der Waals surface area contributed by atoms with Crippen LogP contribution in [0.15, 0.2) is 24.3 Å². The van der Waals surface area contributed by atoms with Gasteiger partial charge in [-0.05, 0) is 24.3 Å². The standard InChI is InChI=1S/C12H14N2O4/c1-3-10(15)12(17)14-13-11(16)8-4-6-9(18-2)7-5-8/h4-7H,3H2,1-2H3,(H,13,16)(H,14,17). The molecule has 0 bridgehead atoms. The summed E-state index contributed by atoms with van der Waals surface area (Å²) in [6, 6.07) is 6.33. The highest BCUT2D eigenvalue weighted by Gasteiger charge is 2.12. The second kappa shape index (κ2) is 6.39. The van der Waals surface area contributed by atoms with Crippen molar-refractivity contribution in [3.63, 3.8) is 0 Å². The highest BCUT2D eigenvalue weighted by Crippen LogP contribution is 2.10. The van der Waals surface area contributed by atoms with Gasteiger partial charge in [0.15, 0.2) is 0 Å². The first-order valence-electron chi connectivity index (χ1n) is 5.36. The summed E-state index contributed by atoms with van der Waals surface area (Å²) in [5, 5.41) is 0. The Morgan fingerprint density at radius 1 is 1.11 bits per heavy atom. The smallest absolute Gasteiger partial charge is 0.305 e. The van der Waals surface area contributed by atoms with Gasteiger partial charge in [0.25, 0.3) is 5.91 Å². The molecular formula is C12H14N2O4. The quantitative estimate of drug-likeness (QED) is 0.599. The molecule has 1 aromatic carbocycles. The minimum absolute atomic E-state index is 0.0875. The summed E-state index contributed by atoms with van der Waals surface area (Å²) >= 11 is 0. The van der Waals surface area contributed by atoms with Crippen LogP contribution in [0.1, 0.15) is 23.7 Å². The maximum atomic E-state index is 11.6. The summed E-state index contributed by atoms with van der Waals surface area (Å²) in [5.74, 6) is -1.31. The van der Waals surface area contributed by atoms with Gasteiger partial charge in [-0.15, -0.1) is 0 Å². The highest BCUT2D eigenvalue weighted by molar-refractivity contribution is 6.36. The number of hydrogen-bond acceptors (Lipinski definition) is 4. The predicted molar refractivity (Wildman–Crippen MR) is 63.9 cm³/mol. The zero-order chi connectivity index (χ0) is 13.5. The molecule has 2 N–H and O–H groups in total. The molecule has 1 rings (SSSR count). The van der Waals surface area contributed by atoms with E-state index in [0.717, 1.165) is 0 Å². The van der Waals surface area contributed by atoms with Gasteiger partial charge in [0.1, 0.15) is 5.75 Å². The SMILES string of the molecule is CCC(=O)C(=O)NNC(=O)c1ccc(OC)cc1. The number of methoxy groups -OCH3 is 1. The first-order valence-corrected chi connectivity index (χ1v) is 5.36. The van der Waals surface area contributed by atoms with E-state index >= 15 is 0 Å². The molecule has 6 nitrogen and oxygen atoms in total. The summed E-state index contributed by atoms with van der Waals surface area (Å²) in [6.07, 6.45) is 0.0875. The van der Waals surface area contributed by atoms with Gasteiger partial charge in [-0.2, -0.15) is 0 Å². The van der Waals surface area contributed by atoms with E-state index in [1.165, 1.54) is 7.11 Å². The molecule has 1 aromatic rings. The van der Waals surface area contributed by atoms with E-state index in [4.69, 9.17) is 4.74 Å². The molecule has 96 valence electrons. The molecule has 18 heavy (non-hydrogen) atoms. The first kappa shape index (κ1) is 13.7. The van der Waals surface area contributed by atoms with Crippen LogP contribution >= 0.6 is 0 Å². The zero-order valence-electron chi connectivity index (χ0n) is 10.1. The Balaban J connectivity index is 2.55. The number of carbonyl (C=O) groups excluding carboxylic acids is 3. The molecule has 0 heterocycles. The van der Waals surface area contributed by atoms with E-state index in [2.05, 4.69) is 5.43 Å². The van der Waals surface area contributed by atoms with Crippen molar-refractivity contribution in [1.82, 2.24) is 10.9 Å². The minimum Gasteiger partial charge on any atom is -0.497 e. The number of ketones is 1. The molecule has 0 unspecified atom stereocenters. The van der Waals surface area contributed by atoms with Crippen LogP contribution in [0.3, 0.4) is 0 Å². The molecule has 0 aliphatic heterocycles. The summed E-state index contributed by atoms with van der Waals surface area (Å²) in [7, 11) is 1.52. The van der Waals surface area contributed by atoms with E-state index in [1.54, 1.807) is 31.2 Å². The van der Waals surface area contributed by atoms with E-state index in [-0.39, 0.29) is 6.42 Å². The van der Waals surface area contributed by atoms with Crippen molar-refractivity contribution in [3.8, 4) is 5.75 Å². The van der Waals surface area contributed by atoms with Crippen LogP contribution < -0.4 is 15.6 Å². The van der Waals surface area contributed by atoms with Gasteiger partial charge in [0.2, 0.25) is 5.78 Å². The average molecular weight is 250 g/mol. The Kier molecular flexibility index (Phi) is 4.86. The van der Waals surface area contributed by atoms with E-state index < -0.39 is 17.6 Å². The van der Waals surface area contributed by atoms with Crippen molar-refractivity contribution in [2.75, 3.05) is 7.11 Å². The topological polar surface area (TPSA) is 84.5 Å². The van der Waals surface area contributed by atoms with Crippen molar-refractivity contribution < 1.29 is 19.1 Å². The molecular weight excluding hydrogens is 236 g/mol. The van der Waals surface area contributed by atoms with Crippen molar-refractivity contribution in [2.24, 2.45) is 0 Å². The lowest BCUT2D eigenvalue weighted by Gasteiger charge is -2.06. The van der Waals surface area contributed by atoms with Crippen LogP contribution in [0.4, 0.5) is 0 Å². The average Bonchev–Trinajstić information content (AvgIpc) is 2.43. The van der Waals surface area contributed by atoms with Gasteiger partial charge in [0.05, 0.1) is 7.11 Å². The molecule has 0 aliphatic rings. The fourth-order valence-corrected chi connectivity index (χ4v) is 1.16. The van der Waals surface area contributed by atoms with Crippen LogP contribution in [0.5, 0.6) is 5.75 Å². The third-order valence-corrected chi connectivity index (χ3v) is 2.22. The maximum Gasteiger partial charge on any atom is 0.305 e. The third-order valence-electron chi connectivity index (χ3n) is 2.22. The van der Waals surface area contributed by atoms with E-state index in [9.17, 15) is 14.4 Å². The summed E-state index contributed by atoms with van der Waals surface area (Å²) in [4.78, 5) is 33.7. The van der Waals surface area contributed by atoms with Crippen molar-refractivity contribution >= 4 is 17.6 Å². The number of amides is 2. The second-order valence-corrected chi connectivity index (χ2v) is 3.41. The third kappa shape index (κ3) is 3.58. The molecule has 6 heteroatoms. The lowest BCUT2D eigenvalue weighted by Crippen LogP contribution is -2.44. The number of hydrazine groups is 1. The van der Waals surface area contributed by atoms with Gasteiger partial charge in [-0.1, -0.05) is 6.92 Å². The van der Waals surface area contributed by atoms with Gasteiger partial charge in [0, 0.05) is 12.0 Å². The Morgan fingerprint density at radius 3 is 2.22 bits per heavy atom. The number of rotatable bonds is 4. The fraction of sp³-hybridized carbons (Fsp3) is 0.250. The molecule has 0 saturated carbocycles. The number of nitrogens with one attached hydrogen (secondary N) is 2. The molecule has 0 aliphatic carbocycles. The number of Topliss-reactive ketones (excluding diaryl/α,β-unsaturated/α-hetero) is 1. The second-order valence-electron chi connectivity index (χ2n) is 3.41. The number of ether oxygens (including phenoxy) is 1. The van der Waals surface area contributed by atoms with Gasteiger partial charge in [-0.25, -0.2) is 0 Å². The van der Waals surface area contributed by atoms with E-state index in [1.807, 2.05) is 5.43 Å². The normalized spacial score (nSPS) is 9.44. The first-order chi connectivity index (χ1) is 8.58. The molecule has 0 radical (unpaired) electrons. The van der Waals surface area contributed by atoms with E-state index in [0.29, 0.717) is 11.3 Å². The molecule has 0 aromatic heterocycles. The summed E-state index contributed by atoms with van der Waals surface area (Å²) in [6.45, 7) is 1.56. The Morgan fingerprint density at radius 2 is 1.72 bits per heavy atom. The highest BCUT2D eigenvalue weighted by atomic mass is 16.5. The Labute approximate surface area is 104 Å². The van der Waals surface area contributed by atoms with Gasteiger partial charge in [-0.3, -0.25) is 25.2 Å². The Hall–Kier alpha value is -2.37. The fourth-order valence-electron chi connectivity index (χ4n) is 1.16. The molecule has 0 atom stereocenters. The molecule has 0 saturated heterocycles. The summed E-state index contributed by atoms with van der Waals surface area (Å²) in [5.41, 5.74) is 4.54. The molecule has 0 fully saturated rings. The lowest BCUT2D eigenvalue weighted by molar-refractivity contribution is -0.138. The van der Waals surface area contributed by atoms with Gasteiger partial charge < -0.3 is 4.74 Å². The van der Waals surface area contributed by atoms with Crippen LogP contribution in [-0.4, -0.2) is 24.7 Å². The van der Waals surface area contributed by atoms with Crippen molar-refractivity contribution in [1.29, 1.82) is 0 Å². The molecule has 2 amide bonds. The van der Waals surface area contributed by atoms with Crippen LogP contribution in [0.25, 0.3) is 0 Å². The monoisotopic (exact) mass is 250 g/mol. The largest absolute Gasteiger partial charge is 0.497 e. The van der Waals surface area contributed by atoms with Crippen molar-refractivity contribution in [3.05, 3.63) is 29.8 Å². The number of carbonyl (C=O) groups is 3. The lowest BCUT2D eigenvalue weighted by atomic mass is 10.2. The Bertz CT molecular complexity index is 454. The van der Waals surface area contributed by atoms with Crippen molar-refractivity contribution in [2.45, 2.75) is 13.3 Å². The van der Waals surface area contributed by atoms with Crippen LogP contribution in [0, 0.1) is 0 Å². The number of benzene rings is 1. The minimum atomic E-state index is -0.834. The predicted octanol–water partition coefficient (Wildman–Crippen LogP) is 0.435. The van der Waals surface area contributed by atoms with Gasteiger partial charge >= 0.3 is 5.91 Å². The maximum absolute atomic E-state index is 11.6. The zero-order valence-corrected chi connectivity index (χ0v) is 10.1.